The minimum Gasteiger partial charge on any atom is -0.348 e. The normalized spacial score (nSPS) is 13.6. The van der Waals surface area contributed by atoms with Gasteiger partial charge >= 0.3 is 6.03 Å². The molecule has 0 aliphatic carbocycles. The first-order valence-corrected chi connectivity index (χ1v) is 10.8. The number of carbonyl (C=O) groups is 3. The molecular weight excluding hydrogens is 392 g/mol. The number of rotatable bonds is 6. The van der Waals surface area contributed by atoms with E-state index >= 15 is 0 Å². The molecule has 1 aliphatic heterocycles. The number of benzene rings is 2. The Hall–Kier alpha value is -3.35. The number of piperidine rings is 1. The van der Waals surface area contributed by atoms with Crippen molar-refractivity contribution >= 4 is 23.5 Å². The van der Waals surface area contributed by atoms with Crippen molar-refractivity contribution < 1.29 is 14.4 Å². The molecule has 2 aromatic rings. The van der Waals surface area contributed by atoms with Gasteiger partial charge in [-0.1, -0.05) is 18.2 Å². The van der Waals surface area contributed by atoms with E-state index in [0.717, 1.165) is 31.5 Å². The summed E-state index contributed by atoms with van der Waals surface area (Å²) in [5, 5.41) is 8.35. The fraction of sp³-hybridized carbons (Fsp3) is 0.375. The van der Waals surface area contributed by atoms with Crippen LogP contribution >= 0.6 is 0 Å². The summed E-state index contributed by atoms with van der Waals surface area (Å²) in [6, 6.07) is 13.9. The molecule has 0 spiro atoms. The van der Waals surface area contributed by atoms with Crippen LogP contribution in [0.3, 0.4) is 0 Å². The second-order valence-electron chi connectivity index (χ2n) is 8.07. The Balaban J connectivity index is 1.59. The standard InChI is InChI=1S/C24H30N4O3/c1-17(2)26-24(31)27-21-11-7-9-19(15-21)22(29)25-16-18-8-6-10-20(14-18)23(30)28-12-4-3-5-13-28/h6-11,14-15,17H,3-5,12-13,16H2,1-2H3,(H,25,29)(H2,26,27,31). The number of urea groups is 1. The highest BCUT2D eigenvalue weighted by Crippen LogP contribution is 2.15. The van der Waals surface area contributed by atoms with Crippen molar-refractivity contribution in [2.75, 3.05) is 18.4 Å². The van der Waals surface area contributed by atoms with Crippen molar-refractivity contribution in [2.45, 2.75) is 45.7 Å². The highest BCUT2D eigenvalue weighted by Gasteiger charge is 2.18. The number of anilines is 1. The Morgan fingerprint density at radius 3 is 2.39 bits per heavy atom. The number of hydrogen-bond acceptors (Lipinski definition) is 3. The Kier molecular flexibility index (Phi) is 7.65. The van der Waals surface area contributed by atoms with E-state index in [1.165, 1.54) is 6.42 Å². The predicted octanol–water partition coefficient (Wildman–Crippen LogP) is 3.77. The Morgan fingerprint density at radius 2 is 1.65 bits per heavy atom. The van der Waals surface area contributed by atoms with Gasteiger partial charge in [-0.05, 0) is 69.0 Å². The molecule has 0 aromatic heterocycles. The van der Waals surface area contributed by atoms with Crippen molar-refractivity contribution in [2.24, 2.45) is 0 Å². The van der Waals surface area contributed by atoms with E-state index < -0.39 is 0 Å². The summed E-state index contributed by atoms with van der Waals surface area (Å²) < 4.78 is 0. The minimum absolute atomic E-state index is 0.0176. The first-order chi connectivity index (χ1) is 14.9. The zero-order valence-corrected chi connectivity index (χ0v) is 18.1. The molecular formula is C24H30N4O3. The number of carbonyl (C=O) groups excluding carboxylic acids is 3. The van der Waals surface area contributed by atoms with Crippen molar-refractivity contribution in [3.05, 3.63) is 65.2 Å². The third kappa shape index (κ3) is 6.57. The van der Waals surface area contributed by atoms with Crippen LogP contribution in [0.15, 0.2) is 48.5 Å². The van der Waals surface area contributed by atoms with Gasteiger partial charge in [0, 0.05) is 42.5 Å². The lowest BCUT2D eigenvalue weighted by molar-refractivity contribution is 0.0724. The average molecular weight is 423 g/mol. The maximum absolute atomic E-state index is 12.7. The van der Waals surface area contributed by atoms with E-state index in [4.69, 9.17) is 0 Å². The third-order valence-electron chi connectivity index (χ3n) is 5.07. The molecule has 1 heterocycles. The summed E-state index contributed by atoms with van der Waals surface area (Å²) in [4.78, 5) is 39.0. The smallest absolute Gasteiger partial charge is 0.319 e. The predicted molar refractivity (Wildman–Crippen MR) is 121 cm³/mol. The van der Waals surface area contributed by atoms with Crippen LogP contribution in [0.1, 0.15) is 59.4 Å². The first kappa shape index (κ1) is 22.3. The van der Waals surface area contributed by atoms with E-state index in [1.807, 2.05) is 43.0 Å². The molecule has 0 bridgehead atoms. The van der Waals surface area contributed by atoms with Crippen LogP contribution in [0.2, 0.25) is 0 Å². The Bertz CT molecular complexity index is 936. The highest BCUT2D eigenvalue weighted by atomic mass is 16.2. The Labute approximate surface area is 183 Å². The molecule has 7 nitrogen and oxygen atoms in total. The van der Waals surface area contributed by atoms with Crippen molar-refractivity contribution in [3.8, 4) is 0 Å². The number of hydrogen-bond donors (Lipinski definition) is 3. The molecule has 0 unspecified atom stereocenters. The van der Waals surface area contributed by atoms with E-state index in [2.05, 4.69) is 16.0 Å². The quantitative estimate of drug-likeness (QED) is 0.662. The molecule has 0 saturated carbocycles. The SMILES string of the molecule is CC(C)NC(=O)Nc1cccc(C(=O)NCc2cccc(C(=O)N3CCCCC3)c2)c1. The van der Waals surface area contributed by atoms with E-state index in [0.29, 0.717) is 23.4 Å². The second-order valence-corrected chi connectivity index (χ2v) is 8.07. The van der Waals surface area contributed by atoms with Gasteiger partial charge in [0.05, 0.1) is 0 Å². The van der Waals surface area contributed by atoms with Gasteiger partial charge in [0.1, 0.15) is 0 Å². The fourth-order valence-electron chi connectivity index (χ4n) is 3.55. The molecule has 1 saturated heterocycles. The molecule has 2 aromatic carbocycles. The molecule has 1 aliphatic rings. The Morgan fingerprint density at radius 1 is 0.935 bits per heavy atom. The summed E-state index contributed by atoms with van der Waals surface area (Å²) >= 11 is 0. The molecule has 164 valence electrons. The summed E-state index contributed by atoms with van der Waals surface area (Å²) in [5.41, 5.74) is 2.50. The van der Waals surface area contributed by atoms with Crippen LogP contribution in [0.4, 0.5) is 10.5 Å². The fourth-order valence-corrected chi connectivity index (χ4v) is 3.55. The highest BCUT2D eigenvalue weighted by molar-refractivity contribution is 5.97. The second kappa shape index (κ2) is 10.6. The summed E-state index contributed by atoms with van der Waals surface area (Å²) in [5.74, 6) is -0.202. The monoisotopic (exact) mass is 422 g/mol. The summed E-state index contributed by atoms with van der Waals surface area (Å²) in [7, 11) is 0. The lowest BCUT2D eigenvalue weighted by Gasteiger charge is -2.26. The number of nitrogens with zero attached hydrogens (tertiary/aromatic N) is 1. The van der Waals surface area contributed by atoms with Gasteiger partial charge in [-0.3, -0.25) is 9.59 Å². The molecule has 4 amide bonds. The number of amides is 4. The average Bonchev–Trinajstić information content (AvgIpc) is 2.77. The van der Waals surface area contributed by atoms with Gasteiger partial charge in [-0.25, -0.2) is 4.79 Å². The zero-order chi connectivity index (χ0) is 22.2. The van der Waals surface area contributed by atoms with Gasteiger partial charge in [-0.15, -0.1) is 0 Å². The maximum atomic E-state index is 12.7. The topological polar surface area (TPSA) is 90.5 Å². The van der Waals surface area contributed by atoms with Crippen LogP contribution in [0.25, 0.3) is 0 Å². The van der Waals surface area contributed by atoms with Crippen LogP contribution in [-0.2, 0) is 6.54 Å². The van der Waals surface area contributed by atoms with Crippen LogP contribution < -0.4 is 16.0 Å². The lowest BCUT2D eigenvalue weighted by Crippen LogP contribution is -2.35. The minimum atomic E-state index is -0.317. The van der Waals surface area contributed by atoms with Gasteiger partial charge < -0.3 is 20.9 Å². The van der Waals surface area contributed by atoms with E-state index in [-0.39, 0.29) is 23.9 Å². The maximum Gasteiger partial charge on any atom is 0.319 e. The lowest BCUT2D eigenvalue weighted by atomic mass is 10.1. The zero-order valence-electron chi connectivity index (χ0n) is 18.1. The van der Waals surface area contributed by atoms with Crippen molar-refractivity contribution in [3.63, 3.8) is 0 Å². The van der Waals surface area contributed by atoms with Gasteiger partial charge in [0.15, 0.2) is 0 Å². The molecule has 1 fully saturated rings. The molecule has 0 atom stereocenters. The molecule has 3 N–H and O–H groups in total. The number of likely N-dealkylation sites (tertiary alicyclic amines) is 1. The van der Waals surface area contributed by atoms with E-state index in [9.17, 15) is 14.4 Å². The largest absolute Gasteiger partial charge is 0.348 e. The van der Waals surface area contributed by atoms with Crippen LogP contribution in [-0.4, -0.2) is 41.9 Å². The van der Waals surface area contributed by atoms with Gasteiger partial charge in [-0.2, -0.15) is 0 Å². The van der Waals surface area contributed by atoms with Gasteiger partial charge in [0.2, 0.25) is 0 Å². The van der Waals surface area contributed by atoms with Crippen molar-refractivity contribution in [1.82, 2.24) is 15.5 Å². The number of nitrogens with one attached hydrogen (secondary N) is 3. The summed E-state index contributed by atoms with van der Waals surface area (Å²) in [6.45, 7) is 5.67. The summed E-state index contributed by atoms with van der Waals surface area (Å²) in [6.07, 6.45) is 3.28. The van der Waals surface area contributed by atoms with E-state index in [1.54, 1.807) is 24.3 Å². The third-order valence-corrected chi connectivity index (χ3v) is 5.07. The first-order valence-electron chi connectivity index (χ1n) is 10.8. The van der Waals surface area contributed by atoms with Gasteiger partial charge in [0.25, 0.3) is 11.8 Å². The van der Waals surface area contributed by atoms with Crippen LogP contribution in [0, 0.1) is 0 Å². The van der Waals surface area contributed by atoms with Crippen molar-refractivity contribution in [1.29, 1.82) is 0 Å². The molecule has 0 radical (unpaired) electrons. The molecule has 7 heteroatoms. The molecule has 3 rings (SSSR count). The van der Waals surface area contributed by atoms with Crippen LogP contribution in [0.5, 0.6) is 0 Å². The molecule has 31 heavy (non-hydrogen) atoms.